The number of amides is 1. The molecule has 2 N–H and O–H groups in total. The van der Waals surface area contributed by atoms with Crippen molar-refractivity contribution in [3.8, 4) is 0 Å². The minimum Gasteiger partial charge on any atom is -0.361 e. The molecule has 72 valence electrons. The van der Waals surface area contributed by atoms with E-state index in [-0.39, 0.29) is 5.91 Å². The van der Waals surface area contributed by atoms with Gasteiger partial charge < -0.3 is 15.2 Å². The van der Waals surface area contributed by atoms with Gasteiger partial charge in [-0.3, -0.25) is 4.79 Å². The van der Waals surface area contributed by atoms with Crippen molar-refractivity contribution in [2.75, 3.05) is 20.1 Å². The zero-order chi connectivity index (χ0) is 9.84. The van der Waals surface area contributed by atoms with Crippen molar-refractivity contribution in [3.05, 3.63) is 17.5 Å². The predicted molar refractivity (Wildman–Crippen MR) is 47.3 cm³/mol. The van der Waals surface area contributed by atoms with Gasteiger partial charge in [0.15, 0.2) is 5.69 Å². The first-order valence-electron chi connectivity index (χ1n) is 4.04. The van der Waals surface area contributed by atoms with Crippen LogP contribution in [0.2, 0.25) is 0 Å². The van der Waals surface area contributed by atoms with E-state index in [1.165, 1.54) is 4.90 Å². The second-order valence-corrected chi connectivity index (χ2v) is 2.84. The number of aryl methyl sites for hydroxylation is 1. The van der Waals surface area contributed by atoms with Crippen LogP contribution in [0.3, 0.4) is 0 Å². The SMILES string of the molecule is Cc1cc(C(=O)N(C)CCN)no1. The minimum atomic E-state index is -0.165. The third kappa shape index (κ3) is 2.29. The highest BCUT2D eigenvalue weighted by molar-refractivity contribution is 5.92. The summed E-state index contributed by atoms with van der Waals surface area (Å²) in [6.45, 7) is 2.70. The average molecular weight is 183 g/mol. The van der Waals surface area contributed by atoms with Gasteiger partial charge in [-0.25, -0.2) is 0 Å². The highest BCUT2D eigenvalue weighted by atomic mass is 16.5. The van der Waals surface area contributed by atoms with Crippen LogP contribution in [0.25, 0.3) is 0 Å². The topological polar surface area (TPSA) is 72.4 Å². The molecule has 1 heterocycles. The molecular weight excluding hydrogens is 170 g/mol. The fraction of sp³-hybridized carbons (Fsp3) is 0.500. The zero-order valence-corrected chi connectivity index (χ0v) is 7.78. The van der Waals surface area contributed by atoms with E-state index in [0.29, 0.717) is 24.5 Å². The maximum absolute atomic E-state index is 11.5. The molecule has 1 aromatic rings. The molecule has 0 saturated heterocycles. The Kier molecular flexibility index (Phi) is 3.02. The van der Waals surface area contributed by atoms with E-state index in [2.05, 4.69) is 5.16 Å². The fourth-order valence-corrected chi connectivity index (χ4v) is 0.958. The molecule has 0 unspecified atom stereocenters. The number of hydrogen-bond donors (Lipinski definition) is 1. The van der Waals surface area contributed by atoms with Crippen LogP contribution < -0.4 is 5.73 Å². The molecule has 0 saturated carbocycles. The van der Waals surface area contributed by atoms with Gasteiger partial charge in [0, 0.05) is 26.2 Å². The van der Waals surface area contributed by atoms with Crippen LogP contribution in [-0.2, 0) is 0 Å². The van der Waals surface area contributed by atoms with Crippen LogP contribution in [-0.4, -0.2) is 36.1 Å². The first-order valence-corrected chi connectivity index (χ1v) is 4.04. The molecular formula is C8H13N3O2. The van der Waals surface area contributed by atoms with Crippen molar-refractivity contribution in [2.45, 2.75) is 6.92 Å². The summed E-state index contributed by atoms with van der Waals surface area (Å²) >= 11 is 0. The van der Waals surface area contributed by atoms with Gasteiger partial charge in [-0.15, -0.1) is 0 Å². The van der Waals surface area contributed by atoms with Crippen molar-refractivity contribution in [2.24, 2.45) is 5.73 Å². The van der Waals surface area contributed by atoms with Gasteiger partial charge >= 0.3 is 0 Å². The molecule has 0 radical (unpaired) electrons. The molecule has 0 bridgehead atoms. The zero-order valence-electron chi connectivity index (χ0n) is 7.78. The molecule has 5 nitrogen and oxygen atoms in total. The van der Waals surface area contributed by atoms with E-state index in [1.807, 2.05) is 0 Å². The summed E-state index contributed by atoms with van der Waals surface area (Å²) < 4.78 is 4.79. The van der Waals surface area contributed by atoms with E-state index >= 15 is 0 Å². The van der Waals surface area contributed by atoms with E-state index in [0.717, 1.165) is 0 Å². The smallest absolute Gasteiger partial charge is 0.275 e. The largest absolute Gasteiger partial charge is 0.361 e. The molecule has 0 aliphatic rings. The van der Waals surface area contributed by atoms with E-state index < -0.39 is 0 Å². The van der Waals surface area contributed by atoms with Gasteiger partial charge in [0.05, 0.1) is 0 Å². The van der Waals surface area contributed by atoms with E-state index in [1.54, 1.807) is 20.0 Å². The number of hydrogen-bond acceptors (Lipinski definition) is 4. The van der Waals surface area contributed by atoms with Gasteiger partial charge in [0.2, 0.25) is 0 Å². The molecule has 0 aliphatic heterocycles. The van der Waals surface area contributed by atoms with Gasteiger partial charge in [0.1, 0.15) is 5.76 Å². The monoisotopic (exact) mass is 183 g/mol. The summed E-state index contributed by atoms with van der Waals surface area (Å²) in [5, 5.41) is 3.61. The summed E-state index contributed by atoms with van der Waals surface area (Å²) in [6, 6.07) is 1.61. The Morgan fingerprint density at radius 3 is 2.92 bits per heavy atom. The van der Waals surface area contributed by atoms with Gasteiger partial charge in [-0.1, -0.05) is 5.16 Å². The third-order valence-corrected chi connectivity index (χ3v) is 1.66. The Bertz CT molecular complexity index is 295. The summed E-state index contributed by atoms with van der Waals surface area (Å²) in [5.74, 6) is 0.465. The van der Waals surface area contributed by atoms with Crippen molar-refractivity contribution in [3.63, 3.8) is 0 Å². The van der Waals surface area contributed by atoms with Crippen molar-refractivity contribution >= 4 is 5.91 Å². The molecule has 13 heavy (non-hydrogen) atoms. The van der Waals surface area contributed by atoms with Crippen LogP contribution in [0.1, 0.15) is 16.2 Å². The first kappa shape index (κ1) is 9.73. The van der Waals surface area contributed by atoms with Gasteiger partial charge in [-0.05, 0) is 6.92 Å². The van der Waals surface area contributed by atoms with E-state index in [9.17, 15) is 4.79 Å². The normalized spacial score (nSPS) is 10.1. The Morgan fingerprint density at radius 2 is 2.46 bits per heavy atom. The number of carbonyl (C=O) groups excluding carboxylic acids is 1. The maximum atomic E-state index is 11.5. The highest BCUT2D eigenvalue weighted by Crippen LogP contribution is 2.03. The third-order valence-electron chi connectivity index (χ3n) is 1.66. The number of nitrogens with two attached hydrogens (primary N) is 1. The maximum Gasteiger partial charge on any atom is 0.275 e. The Morgan fingerprint density at radius 1 is 1.77 bits per heavy atom. The number of nitrogens with zero attached hydrogens (tertiary/aromatic N) is 2. The number of aromatic nitrogens is 1. The lowest BCUT2D eigenvalue weighted by Gasteiger charge is -2.13. The Labute approximate surface area is 76.5 Å². The second kappa shape index (κ2) is 4.04. The lowest BCUT2D eigenvalue weighted by atomic mass is 10.3. The standard InChI is InChI=1S/C8H13N3O2/c1-6-5-7(10-13-6)8(12)11(2)4-3-9/h5H,3-4,9H2,1-2H3. The summed E-state index contributed by atoms with van der Waals surface area (Å²) in [7, 11) is 1.68. The average Bonchev–Trinajstić information content (AvgIpc) is 2.51. The molecule has 0 aromatic carbocycles. The molecule has 0 aliphatic carbocycles. The summed E-state index contributed by atoms with van der Waals surface area (Å²) in [6.07, 6.45) is 0. The lowest BCUT2D eigenvalue weighted by molar-refractivity contribution is 0.0788. The van der Waals surface area contributed by atoms with Gasteiger partial charge in [0.25, 0.3) is 5.91 Å². The Hall–Kier alpha value is -1.36. The number of rotatable bonds is 3. The molecule has 0 atom stereocenters. The minimum absolute atomic E-state index is 0.165. The lowest BCUT2D eigenvalue weighted by Crippen LogP contribution is -2.31. The van der Waals surface area contributed by atoms with Gasteiger partial charge in [-0.2, -0.15) is 0 Å². The van der Waals surface area contributed by atoms with Crippen LogP contribution in [0, 0.1) is 6.92 Å². The summed E-state index contributed by atoms with van der Waals surface area (Å²) in [4.78, 5) is 13.0. The molecule has 1 aromatic heterocycles. The predicted octanol–water partition coefficient (Wildman–Crippen LogP) is 0.0137. The second-order valence-electron chi connectivity index (χ2n) is 2.84. The molecule has 5 heteroatoms. The van der Waals surface area contributed by atoms with Crippen molar-refractivity contribution in [1.82, 2.24) is 10.1 Å². The van der Waals surface area contributed by atoms with Crippen LogP contribution in [0.15, 0.2) is 10.6 Å². The Balaban J connectivity index is 2.67. The van der Waals surface area contributed by atoms with Crippen molar-refractivity contribution < 1.29 is 9.32 Å². The highest BCUT2D eigenvalue weighted by Gasteiger charge is 2.14. The molecule has 1 rings (SSSR count). The van der Waals surface area contributed by atoms with E-state index in [4.69, 9.17) is 10.3 Å². The summed E-state index contributed by atoms with van der Waals surface area (Å²) in [5.41, 5.74) is 5.64. The number of carbonyl (C=O) groups is 1. The van der Waals surface area contributed by atoms with Crippen molar-refractivity contribution in [1.29, 1.82) is 0 Å². The van der Waals surface area contributed by atoms with Crippen LogP contribution >= 0.6 is 0 Å². The number of likely N-dealkylation sites (N-methyl/N-ethyl adjacent to an activating group) is 1. The first-order chi connectivity index (χ1) is 6.15. The fourth-order valence-electron chi connectivity index (χ4n) is 0.958. The molecule has 0 spiro atoms. The molecule has 0 fully saturated rings. The molecule has 1 amide bonds. The quantitative estimate of drug-likeness (QED) is 0.716. The van der Waals surface area contributed by atoms with Crippen LogP contribution in [0.5, 0.6) is 0 Å². The van der Waals surface area contributed by atoms with Crippen LogP contribution in [0.4, 0.5) is 0 Å².